The van der Waals surface area contributed by atoms with Crippen molar-refractivity contribution in [2.45, 2.75) is 6.92 Å². The lowest BCUT2D eigenvalue weighted by atomic mass is 10.1. The van der Waals surface area contributed by atoms with Crippen molar-refractivity contribution in [2.24, 2.45) is 0 Å². The van der Waals surface area contributed by atoms with Crippen LogP contribution in [0.1, 0.15) is 26.3 Å². The van der Waals surface area contributed by atoms with E-state index in [-0.39, 0.29) is 11.8 Å². The minimum absolute atomic E-state index is 0.373. The molecule has 3 nitrogen and oxygen atoms in total. The fraction of sp³-hybridized carbons (Fsp3) is 0.0667. The van der Waals surface area contributed by atoms with Gasteiger partial charge in [-0.2, -0.15) is 0 Å². The van der Waals surface area contributed by atoms with Gasteiger partial charge in [-0.1, -0.05) is 36.4 Å². The Labute approximate surface area is 105 Å². The van der Waals surface area contributed by atoms with E-state index in [0.29, 0.717) is 11.1 Å². The van der Waals surface area contributed by atoms with Gasteiger partial charge in [0.05, 0.1) is 0 Å². The van der Waals surface area contributed by atoms with E-state index < -0.39 is 0 Å². The topological polar surface area (TPSA) is 46.2 Å². The maximum Gasteiger partial charge on any atom is 0.258 e. The maximum atomic E-state index is 11.9. The smallest absolute Gasteiger partial charge is 0.258 e. The Kier molecular flexibility index (Phi) is 3.53. The predicted molar refractivity (Wildman–Crippen MR) is 69.4 cm³/mol. The normalized spacial score (nSPS) is 9.83. The lowest BCUT2D eigenvalue weighted by Gasteiger charge is -2.06. The number of imide groups is 1. The molecular weight excluding hydrogens is 226 g/mol. The van der Waals surface area contributed by atoms with E-state index in [9.17, 15) is 9.59 Å². The largest absolute Gasteiger partial charge is 0.288 e. The molecule has 18 heavy (non-hydrogen) atoms. The number of rotatable bonds is 2. The number of hydrogen-bond donors (Lipinski definition) is 1. The summed E-state index contributed by atoms with van der Waals surface area (Å²) in [6, 6.07) is 15.8. The first-order chi connectivity index (χ1) is 8.68. The molecule has 0 heterocycles. The summed E-state index contributed by atoms with van der Waals surface area (Å²) >= 11 is 0. The molecule has 0 aliphatic heterocycles. The standard InChI is InChI=1S/C15H13NO2/c1-11-7-5-6-10-13(11)15(18)16-14(17)12-8-3-2-4-9-12/h2-10H,1H3,(H,16,17,18). The van der Waals surface area contributed by atoms with Crippen LogP contribution < -0.4 is 5.32 Å². The third-order valence-corrected chi connectivity index (χ3v) is 2.65. The molecule has 2 rings (SSSR count). The minimum atomic E-state index is -0.385. The SMILES string of the molecule is Cc1ccccc1C(=O)NC(=O)c1ccccc1. The Morgan fingerprint density at radius 3 is 2.11 bits per heavy atom. The minimum Gasteiger partial charge on any atom is -0.288 e. The highest BCUT2D eigenvalue weighted by Crippen LogP contribution is 2.07. The molecule has 0 aliphatic carbocycles. The third-order valence-electron chi connectivity index (χ3n) is 2.65. The number of nitrogens with one attached hydrogen (secondary N) is 1. The molecule has 0 radical (unpaired) electrons. The Bertz CT molecular complexity index is 576. The van der Waals surface area contributed by atoms with Crippen molar-refractivity contribution in [2.75, 3.05) is 0 Å². The molecule has 0 saturated heterocycles. The summed E-state index contributed by atoms with van der Waals surface area (Å²) in [5.74, 6) is -0.759. The van der Waals surface area contributed by atoms with Gasteiger partial charge in [-0.05, 0) is 30.7 Å². The highest BCUT2D eigenvalue weighted by Gasteiger charge is 2.12. The molecule has 0 aromatic heterocycles. The summed E-state index contributed by atoms with van der Waals surface area (Å²) in [5.41, 5.74) is 1.83. The van der Waals surface area contributed by atoms with Crippen LogP contribution in [0.4, 0.5) is 0 Å². The van der Waals surface area contributed by atoms with Crippen LogP contribution in [0.25, 0.3) is 0 Å². The number of carbonyl (C=O) groups excluding carboxylic acids is 2. The van der Waals surface area contributed by atoms with Crippen LogP contribution >= 0.6 is 0 Å². The van der Waals surface area contributed by atoms with E-state index in [0.717, 1.165) is 5.56 Å². The Morgan fingerprint density at radius 2 is 1.44 bits per heavy atom. The van der Waals surface area contributed by atoms with Crippen molar-refractivity contribution in [3.05, 3.63) is 71.3 Å². The number of carbonyl (C=O) groups is 2. The van der Waals surface area contributed by atoms with Crippen LogP contribution in [0.5, 0.6) is 0 Å². The molecule has 0 aliphatic rings. The van der Waals surface area contributed by atoms with Crippen molar-refractivity contribution >= 4 is 11.8 Å². The fourth-order valence-electron chi connectivity index (χ4n) is 1.66. The molecule has 0 bridgehead atoms. The van der Waals surface area contributed by atoms with Gasteiger partial charge in [0.25, 0.3) is 11.8 Å². The first-order valence-corrected chi connectivity index (χ1v) is 5.65. The zero-order valence-corrected chi connectivity index (χ0v) is 10.0. The van der Waals surface area contributed by atoms with Crippen molar-refractivity contribution in [3.8, 4) is 0 Å². The second-order valence-corrected chi connectivity index (χ2v) is 3.96. The van der Waals surface area contributed by atoms with Crippen LogP contribution in [0.3, 0.4) is 0 Å². The summed E-state index contributed by atoms with van der Waals surface area (Å²) in [5, 5.41) is 2.38. The van der Waals surface area contributed by atoms with Crippen LogP contribution in [0, 0.1) is 6.92 Å². The molecule has 0 saturated carbocycles. The van der Waals surface area contributed by atoms with Crippen molar-refractivity contribution in [1.82, 2.24) is 5.32 Å². The molecule has 3 heteroatoms. The monoisotopic (exact) mass is 239 g/mol. The maximum absolute atomic E-state index is 11.9. The average molecular weight is 239 g/mol. The fourth-order valence-corrected chi connectivity index (χ4v) is 1.66. The molecule has 0 atom stereocenters. The molecule has 2 aromatic carbocycles. The first kappa shape index (κ1) is 12.0. The van der Waals surface area contributed by atoms with Crippen LogP contribution in [0.2, 0.25) is 0 Å². The van der Waals surface area contributed by atoms with E-state index in [1.165, 1.54) is 0 Å². The summed E-state index contributed by atoms with van der Waals surface area (Å²) in [7, 11) is 0. The van der Waals surface area contributed by atoms with Crippen LogP contribution in [-0.4, -0.2) is 11.8 Å². The summed E-state index contributed by atoms with van der Waals surface area (Å²) < 4.78 is 0. The van der Waals surface area contributed by atoms with Gasteiger partial charge in [-0.3, -0.25) is 14.9 Å². The van der Waals surface area contributed by atoms with E-state index in [1.807, 2.05) is 25.1 Å². The first-order valence-electron chi connectivity index (χ1n) is 5.65. The van der Waals surface area contributed by atoms with Crippen molar-refractivity contribution in [3.63, 3.8) is 0 Å². The van der Waals surface area contributed by atoms with Gasteiger partial charge in [0, 0.05) is 11.1 Å². The molecule has 0 fully saturated rings. The molecule has 0 unspecified atom stereocenters. The highest BCUT2D eigenvalue weighted by molar-refractivity contribution is 6.10. The number of amides is 2. The van der Waals surface area contributed by atoms with Gasteiger partial charge in [0.1, 0.15) is 0 Å². The van der Waals surface area contributed by atoms with Crippen molar-refractivity contribution in [1.29, 1.82) is 0 Å². The Morgan fingerprint density at radius 1 is 0.833 bits per heavy atom. The van der Waals surface area contributed by atoms with Crippen LogP contribution in [-0.2, 0) is 0 Å². The lowest BCUT2D eigenvalue weighted by molar-refractivity contribution is 0.0849. The second-order valence-electron chi connectivity index (χ2n) is 3.96. The van der Waals surface area contributed by atoms with Gasteiger partial charge in [-0.25, -0.2) is 0 Å². The van der Waals surface area contributed by atoms with Crippen LogP contribution in [0.15, 0.2) is 54.6 Å². The van der Waals surface area contributed by atoms with Gasteiger partial charge in [0.15, 0.2) is 0 Å². The molecule has 0 spiro atoms. The third kappa shape index (κ3) is 2.63. The quantitative estimate of drug-likeness (QED) is 0.819. The lowest BCUT2D eigenvalue weighted by Crippen LogP contribution is -2.30. The highest BCUT2D eigenvalue weighted by atomic mass is 16.2. The number of benzene rings is 2. The Hall–Kier alpha value is -2.42. The molecule has 90 valence electrons. The van der Waals surface area contributed by atoms with E-state index in [4.69, 9.17) is 0 Å². The summed E-state index contributed by atoms with van der Waals surface area (Å²) in [4.78, 5) is 23.7. The van der Waals surface area contributed by atoms with Crippen molar-refractivity contribution < 1.29 is 9.59 Å². The predicted octanol–water partition coefficient (Wildman–Crippen LogP) is 2.57. The zero-order valence-electron chi connectivity index (χ0n) is 10.0. The molecule has 1 N–H and O–H groups in total. The Balaban J connectivity index is 2.14. The van der Waals surface area contributed by atoms with E-state index in [1.54, 1.807) is 36.4 Å². The average Bonchev–Trinajstić information content (AvgIpc) is 2.40. The summed E-state index contributed by atoms with van der Waals surface area (Å²) in [6.07, 6.45) is 0. The molecule has 2 aromatic rings. The zero-order chi connectivity index (χ0) is 13.0. The number of aryl methyl sites for hydroxylation is 1. The summed E-state index contributed by atoms with van der Waals surface area (Å²) in [6.45, 7) is 1.84. The second kappa shape index (κ2) is 5.27. The van der Waals surface area contributed by atoms with Gasteiger partial charge < -0.3 is 0 Å². The number of hydrogen-bond acceptors (Lipinski definition) is 2. The molecule has 2 amide bonds. The van der Waals surface area contributed by atoms with Gasteiger partial charge in [-0.15, -0.1) is 0 Å². The van der Waals surface area contributed by atoms with Gasteiger partial charge in [0.2, 0.25) is 0 Å². The van der Waals surface area contributed by atoms with E-state index >= 15 is 0 Å². The van der Waals surface area contributed by atoms with Gasteiger partial charge >= 0.3 is 0 Å². The van der Waals surface area contributed by atoms with E-state index in [2.05, 4.69) is 5.32 Å². The molecular formula is C15H13NO2.